The maximum Gasteiger partial charge on any atom is 0.441 e. The Morgan fingerprint density at radius 1 is 0.949 bits per heavy atom. The molecule has 0 radical (unpaired) electrons. The Morgan fingerprint density at radius 3 is 2.33 bits per heavy atom. The number of rotatable bonds is 13. The molecule has 1 heterocycles. The molecule has 0 aliphatic heterocycles. The molecule has 3 aromatic carbocycles. The quantitative estimate of drug-likeness (QED) is 0.143. The molecular weight excluding hydrogens is 534 g/mol. The minimum atomic E-state index is -3.73. The van der Waals surface area contributed by atoms with E-state index in [4.69, 9.17) is 9.78 Å². The molecule has 0 saturated heterocycles. The van der Waals surface area contributed by atoms with Crippen LogP contribution in [0, 0.1) is 5.92 Å². The van der Waals surface area contributed by atoms with Gasteiger partial charge in [-0.15, -0.1) is 11.3 Å². The van der Waals surface area contributed by atoms with Gasteiger partial charge in [0.2, 0.25) is 10.0 Å². The molecule has 0 saturated carbocycles. The maximum absolute atomic E-state index is 13.6. The maximum atomic E-state index is 13.6. The predicted molar refractivity (Wildman–Crippen MR) is 152 cm³/mol. The number of amides is 1. The van der Waals surface area contributed by atoms with E-state index >= 15 is 0 Å². The number of hydrogen-bond donors (Lipinski definition) is 0. The Kier molecular flexibility index (Phi) is 10.0. The van der Waals surface area contributed by atoms with Crippen LogP contribution in [0.4, 0.5) is 4.79 Å². The van der Waals surface area contributed by atoms with Crippen molar-refractivity contribution >= 4 is 37.7 Å². The zero-order valence-electron chi connectivity index (χ0n) is 22.1. The average Bonchev–Trinajstić information content (AvgIpc) is 3.41. The van der Waals surface area contributed by atoms with Crippen LogP contribution in [0.1, 0.15) is 31.4 Å². The molecule has 8 nitrogen and oxygen atoms in total. The van der Waals surface area contributed by atoms with Crippen LogP contribution >= 0.6 is 11.3 Å². The fourth-order valence-corrected chi connectivity index (χ4v) is 6.57. The summed E-state index contributed by atoms with van der Waals surface area (Å²) in [5, 5.41) is 0. The molecule has 4 aromatic rings. The Hall–Kier alpha value is -3.31. The molecule has 4 rings (SSSR count). The van der Waals surface area contributed by atoms with E-state index in [1.807, 2.05) is 74.5 Å². The zero-order valence-corrected chi connectivity index (χ0v) is 23.7. The van der Waals surface area contributed by atoms with Gasteiger partial charge in [0.05, 0.1) is 20.6 Å². The fraction of sp³-hybridized carbons (Fsp3) is 0.310. The van der Waals surface area contributed by atoms with Crippen LogP contribution in [0.15, 0.2) is 89.3 Å². The molecule has 0 atom stereocenters. The normalized spacial score (nSPS) is 11.8. The van der Waals surface area contributed by atoms with E-state index in [0.717, 1.165) is 21.3 Å². The molecule has 0 spiro atoms. The van der Waals surface area contributed by atoms with Crippen LogP contribution < -0.4 is 0 Å². The molecule has 0 unspecified atom stereocenters. The largest absolute Gasteiger partial charge is 0.441 e. The molecule has 0 N–H and O–H groups in total. The smallest absolute Gasteiger partial charge is 0.302 e. The number of sulfonamides is 1. The highest BCUT2D eigenvalue weighted by molar-refractivity contribution is 7.89. The van der Waals surface area contributed by atoms with Crippen molar-refractivity contribution in [3.63, 3.8) is 0 Å². The number of thiazole rings is 1. The summed E-state index contributed by atoms with van der Waals surface area (Å²) in [5.41, 5.74) is 4.30. The van der Waals surface area contributed by atoms with Crippen molar-refractivity contribution in [2.24, 2.45) is 5.92 Å². The van der Waals surface area contributed by atoms with E-state index < -0.39 is 16.1 Å². The second-order valence-electron chi connectivity index (χ2n) is 9.60. The van der Waals surface area contributed by atoms with Crippen LogP contribution in [0.2, 0.25) is 0 Å². The molecule has 0 aliphatic rings. The lowest BCUT2D eigenvalue weighted by Crippen LogP contribution is -2.38. The van der Waals surface area contributed by atoms with Gasteiger partial charge in [-0.1, -0.05) is 74.5 Å². The first-order valence-electron chi connectivity index (χ1n) is 12.8. The number of nitrogens with zero attached hydrogens (tertiary/aromatic N) is 3. The first-order valence-corrected chi connectivity index (χ1v) is 15.1. The van der Waals surface area contributed by atoms with Gasteiger partial charge in [-0.3, -0.25) is 4.89 Å². The second-order valence-corrected chi connectivity index (χ2v) is 12.4. The lowest BCUT2D eigenvalue weighted by Gasteiger charge is -2.26. The van der Waals surface area contributed by atoms with Gasteiger partial charge in [-0.25, -0.2) is 18.2 Å². The Bertz CT molecular complexity index is 1440. The van der Waals surface area contributed by atoms with Crippen LogP contribution in [-0.4, -0.2) is 48.3 Å². The van der Waals surface area contributed by atoms with Crippen LogP contribution in [0.25, 0.3) is 10.2 Å². The summed E-state index contributed by atoms with van der Waals surface area (Å²) in [5.74, 6) is 0.128. The summed E-state index contributed by atoms with van der Waals surface area (Å²) in [6.45, 7) is 5.33. The van der Waals surface area contributed by atoms with Crippen molar-refractivity contribution < 1.29 is 23.0 Å². The number of fused-ring (bicyclic) bond motifs is 1. The number of carbonyl (C=O) groups is 1. The first-order chi connectivity index (χ1) is 18.8. The highest BCUT2D eigenvalue weighted by Gasteiger charge is 2.26. The standard InChI is InChI=1S/C29H33N3O5S2/c1-23(2)19-32(39(34,35)26-14-15-27-28(18-26)38-22-30-27)17-9-16-31(20-24-10-5-3-6-11-24)29(33)37-36-21-25-12-7-4-8-13-25/h3-8,10-15,18,22-23H,9,16-17,19-21H2,1-2H3. The molecule has 206 valence electrons. The lowest BCUT2D eigenvalue weighted by molar-refractivity contribution is -0.256. The van der Waals surface area contributed by atoms with Gasteiger partial charge >= 0.3 is 6.09 Å². The van der Waals surface area contributed by atoms with Gasteiger partial charge in [0.15, 0.2) is 0 Å². The van der Waals surface area contributed by atoms with E-state index in [2.05, 4.69) is 4.98 Å². The zero-order chi connectivity index (χ0) is 27.7. The average molecular weight is 568 g/mol. The second kappa shape index (κ2) is 13.7. The fourth-order valence-electron chi connectivity index (χ4n) is 4.11. The van der Waals surface area contributed by atoms with Crippen molar-refractivity contribution in [3.8, 4) is 0 Å². The van der Waals surface area contributed by atoms with Crippen molar-refractivity contribution in [2.75, 3.05) is 19.6 Å². The monoisotopic (exact) mass is 567 g/mol. The summed E-state index contributed by atoms with van der Waals surface area (Å²) < 4.78 is 29.5. The third-order valence-electron chi connectivity index (χ3n) is 6.02. The van der Waals surface area contributed by atoms with E-state index in [1.165, 1.54) is 20.5 Å². The van der Waals surface area contributed by atoms with E-state index in [0.29, 0.717) is 26.1 Å². The Morgan fingerprint density at radius 2 is 1.64 bits per heavy atom. The lowest BCUT2D eigenvalue weighted by atomic mass is 10.2. The van der Waals surface area contributed by atoms with Gasteiger partial charge in [0.25, 0.3) is 0 Å². The number of benzene rings is 3. The summed E-state index contributed by atoms with van der Waals surface area (Å²) >= 11 is 1.41. The van der Waals surface area contributed by atoms with Crippen LogP contribution in [0.3, 0.4) is 0 Å². The number of hydrogen-bond acceptors (Lipinski definition) is 7. The molecular formula is C29H33N3O5S2. The molecule has 0 aliphatic carbocycles. The predicted octanol–water partition coefficient (Wildman–Crippen LogP) is 6.10. The van der Waals surface area contributed by atoms with Gasteiger partial charge < -0.3 is 4.90 Å². The summed E-state index contributed by atoms with van der Waals surface area (Å²) in [6.07, 6.45) is -0.196. The van der Waals surface area contributed by atoms with Gasteiger partial charge in [-0.05, 0) is 41.7 Å². The summed E-state index contributed by atoms with van der Waals surface area (Å²) in [4.78, 5) is 29.3. The molecule has 1 aromatic heterocycles. The molecule has 0 fully saturated rings. The molecule has 0 bridgehead atoms. The highest BCUT2D eigenvalue weighted by Crippen LogP contribution is 2.25. The van der Waals surface area contributed by atoms with Gasteiger partial charge in [-0.2, -0.15) is 9.19 Å². The molecule has 10 heteroatoms. The van der Waals surface area contributed by atoms with E-state index in [-0.39, 0.29) is 24.0 Å². The number of carbonyl (C=O) groups excluding carboxylic acids is 1. The topological polar surface area (TPSA) is 89.0 Å². The first kappa shape index (κ1) is 28.7. The molecule has 39 heavy (non-hydrogen) atoms. The Labute approximate surface area is 233 Å². The third kappa shape index (κ3) is 8.09. The van der Waals surface area contributed by atoms with Crippen LogP contribution in [-0.2, 0) is 33.0 Å². The van der Waals surface area contributed by atoms with Crippen molar-refractivity contribution in [3.05, 3.63) is 95.5 Å². The van der Waals surface area contributed by atoms with E-state index in [1.54, 1.807) is 23.7 Å². The SMILES string of the molecule is CC(C)CN(CCCN(Cc1ccccc1)C(=O)OOCc1ccccc1)S(=O)(=O)c1ccc2ncsc2c1. The summed E-state index contributed by atoms with van der Waals surface area (Å²) in [7, 11) is -3.73. The summed E-state index contributed by atoms with van der Waals surface area (Å²) in [6, 6.07) is 24.0. The highest BCUT2D eigenvalue weighted by atomic mass is 32.2. The van der Waals surface area contributed by atoms with Gasteiger partial charge in [0.1, 0.15) is 6.61 Å². The van der Waals surface area contributed by atoms with Crippen molar-refractivity contribution in [1.82, 2.24) is 14.2 Å². The van der Waals surface area contributed by atoms with Gasteiger partial charge in [0, 0.05) is 26.2 Å². The number of aromatic nitrogens is 1. The van der Waals surface area contributed by atoms with E-state index in [9.17, 15) is 13.2 Å². The molecule has 1 amide bonds. The Balaban J connectivity index is 1.43. The van der Waals surface area contributed by atoms with Crippen LogP contribution in [0.5, 0.6) is 0 Å². The minimum Gasteiger partial charge on any atom is -0.302 e. The third-order valence-corrected chi connectivity index (χ3v) is 8.67. The van der Waals surface area contributed by atoms with Crippen molar-refractivity contribution in [1.29, 1.82) is 0 Å². The van der Waals surface area contributed by atoms with Crippen molar-refractivity contribution in [2.45, 2.75) is 38.3 Å². The minimum absolute atomic E-state index is 0.128.